The van der Waals surface area contributed by atoms with Gasteiger partial charge >= 0.3 is 10.1 Å². The van der Waals surface area contributed by atoms with Gasteiger partial charge in [-0.05, 0) is 13.0 Å². The molecule has 1 heterocycles. The third-order valence-electron chi connectivity index (χ3n) is 2.29. The Morgan fingerprint density at radius 3 is 2.88 bits per heavy atom. The molecule has 1 aliphatic rings. The van der Waals surface area contributed by atoms with Gasteiger partial charge in [0.05, 0.1) is 10.8 Å². The molecule has 0 radical (unpaired) electrons. The minimum atomic E-state index is -3.76. The lowest BCUT2D eigenvalue weighted by Crippen LogP contribution is -2.41. The van der Waals surface area contributed by atoms with Gasteiger partial charge < -0.3 is 0 Å². The molecule has 1 unspecified atom stereocenters. The molecule has 17 heavy (non-hydrogen) atoms. The minimum absolute atomic E-state index is 0.403. The first-order chi connectivity index (χ1) is 8.02. The van der Waals surface area contributed by atoms with Crippen LogP contribution in [0.5, 0.6) is 0 Å². The van der Waals surface area contributed by atoms with Gasteiger partial charge in [0.1, 0.15) is 6.17 Å². The van der Waals surface area contributed by atoms with Crippen LogP contribution in [0.1, 0.15) is 6.92 Å². The van der Waals surface area contributed by atoms with Crippen LogP contribution < -0.4 is 10.6 Å². The van der Waals surface area contributed by atoms with Crippen LogP contribution >= 0.6 is 0 Å². The van der Waals surface area contributed by atoms with Crippen molar-refractivity contribution in [2.24, 2.45) is 4.99 Å². The van der Waals surface area contributed by atoms with Gasteiger partial charge in [-0.15, -0.1) is 4.28 Å². The zero-order valence-electron chi connectivity index (χ0n) is 9.28. The topological polar surface area (TPSA) is 59.0 Å². The summed E-state index contributed by atoms with van der Waals surface area (Å²) in [5, 5.41) is 3.58. The van der Waals surface area contributed by atoms with Crippen molar-refractivity contribution >= 4 is 16.3 Å². The van der Waals surface area contributed by atoms with Crippen LogP contribution in [0.3, 0.4) is 0 Å². The first kappa shape index (κ1) is 11.8. The van der Waals surface area contributed by atoms with Gasteiger partial charge in [0.15, 0.2) is 0 Å². The quantitative estimate of drug-likeness (QED) is 0.766. The molecule has 0 saturated heterocycles. The van der Waals surface area contributed by atoms with Crippen molar-refractivity contribution in [3.05, 3.63) is 46.8 Å². The third-order valence-corrected chi connectivity index (χ3v) is 3.08. The molecule has 0 N–H and O–H groups in total. The Bertz CT molecular complexity index is 652. The maximum atomic E-state index is 11.3. The molecule has 1 aromatic rings. The molecule has 0 bridgehead atoms. The lowest BCUT2D eigenvalue weighted by atomic mass is 10.2. The van der Waals surface area contributed by atoms with Crippen molar-refractivity contribution in [3.8, 4) is 0 Å². The minimum Gasteiger partial charge on any atom is -0.258 e. The number of para-hydroxylation sites is 1. The fourth-order valence-corrected chi connectivity index (χ4v) is 1.92. The molecule has 0 fully saturated rings. The second-order valence-electron chi connectivity index (χ2n) is 3.54. The van der Waals surface area contributed by atoms with E-state index in [1.54, 1.807) is 13.1 Å². The third kappa shape index (κ3) is 2.54. The van der Waals surface area contributed by atoms with E-state index < -0.39 is 16.3 Å². The van der Waals surface area contributed by atoms with Crippen LogP contribution in [0.2, 0.25) is 0 Å². The number of nitrogens with zero attached hydrogens (tertiary/aromatic N) is 2. The Balaban J connectivity index is 2.41. The summed E-state index contributed by atoms with van der Waals surface area (Å²) in [6, 6.07) is 7.42. The van der Waals surface area contributed by atoms with E-state index in [2.05, 4.69) is 11.6 Å². The summed E-state index contributed by atoms with van der Waals surface area (Å²) in [6.07, 6.45) is 1.20. The highest BCUT2D eigenvalue weighted by Gasteiger charge is 2.18. The molecule has 0 saturated carbocycles. The van der Waals surface area contributed by atoms with Crippen molar-refractivity contribution in [2.45, 2.75) is 13.1 Å². The van der Waals surface area contributed by atoms with E-state index in [-0.39, 0.29) is 0 Å². The highest BCUT2D eigenvalue weighted by Crippen LogP contribution is 2.08. The van der Waals surface area contributed by atoms with E-state index in [0.717, 1.165) is 16.0 Å². The van der Waals surface area contributed by atoms with Gasteiger partial charge in [-0.2, -0.15) is 8.42 Å². The van der Waals surface area contributed by atoms with Crippen molar-refractivity contribution in [1.29, 1.82) is 0 Å². The predicted molar refractivity (Wildman–Crippen MR) is 63.2 cm³/mol. The monoisotopic (exact) mass is 252 g/mol. The van der Waals surface area contributed by atoms with E-state index in [1.807, 2.05) is 24.3 Å². The summed E-state index contributed by atoms with van der Waals surface area (Å²) >= 11 is 0. The Morgan fingerprint density at radius 2 is 2.18 bits per heavy atom. The van der Waals surface area contributed by atoms with Gasteiger partial charge in [0.2, 0.25) is 0 Å². The molecule has 0 aliphatic carbocycles. The molecule has 0 spiro atoms. The lowest BCUT2D eigenvalue weighted by molar-refractivity contribution is -0.0125. The maximum Gasteiger partial charge on any atom is 0.310 e. The molecule has 6 heteroatoms. The lowest BCUT2D eigenvalue weighted by Gasteiger charge is -2.24. The van der Waals surface area contributed by atoms with Crippen molar-refractivity contribution < 1.29 is 12.7 Å². The highest BCUT2D eigenvalue weighted by molar-refractivity contribution is 7.89. The molecule has 5 nitrogen and oxygen atoms in total. The largest absolute Gasteiger partial charge is 0.310 e. The van der Waals surface area contributed by atoms with E-state index in [0.29, 0.717) is 0 Å². The van der Waals surface area contributed by atoms with Crippen LogP contribution in [-0.2, 0) is 14.4 Å². The first-order valence-electron chi connectivity index (χ1n) is 5.02. The van der Waals surface area contributed by atoms with E-state index in [4.69, 9.17) is 4.28 Å². The van der Waals surface area contributed by atoms with Crippen LogP contribution in [0.15, 0.2) is 41.2 Å². The molecule has 1 atom stereocenters. The number of fused-ring (bicyclic) bond motifs is 1. The zero-order valence-corrected chi connectivity index (χ0v) is 10.1. The Morgan fingerprint density at radius 1 is 1.47 bits per heavy atom. The number of hydroxylamine groups is 2. The molecule has 90 valence electrons. The molecular weight excluding hydrogens is 240 g/mol. The summed E-state index contributed by atoms with van der Waals surface area (Å²) in [6.45, 7) is 4.92. The molecule has 1 aromatic carbocycles. The summed E-state index contributed by atoms with van der Waals surface area (Å²) < 4.78 is 27.4. The van der Waals surface area contributed by atoms with Crippen LogP contribution in [0, 0.1) is 0 Å². The highest BCUT2D eigenvalue weighted by atomic mass is 32.2. The molecular formula is C11H12N2O3S. The zero-order chi connectivity index (χ0) is 12.5. The van der Waals surface area contributed by atoms with Crippen molar-refractivity contribution in [1.82, 2.24) is 5.06 Å². The van der Waals surface area contributed by atoms with Crippen LogP contribution in [-0.4, -0.2) is 19.6 Å². The van der Waals surface area contributed by atoms with Gasteiger partial charge in [0.25, 0.3) is 0 Å². The van der Waals surface area contributed by atoms with E-state index in [9.17, 15) is 8.42 Å². The second kappa shape index (κ2) is 4.31. The summed E-state index contributed by atoms with van der Waals surface area (Å²) in [5.74, 6) is 0. The van der Waals surface area contributed by atoms with Crippen LogP contribution in [0.4, 0.5) is 0 Å². The predicted octanol–water partition coefficient (Wildman–Crippen LogP) is 0.111. The second-order valence-corrected chi connectivity index (χ2v) is 5.01. The summed E-state index contributed by atoms with van der Waals surface area (Å²) in [4.78, 5) is 4.32. The number of hydrogen-bond donors (Lipinski definition) is 0. The first-order valence-corrected chi connectivity index (χ1v) is 6.49. The number of hydrogen-bond acceptors (Lipinski definition) is 5. The van der Waals surface area contributed by atoms with Gasteiger partial charge in [-0.25, -0.2) is 5.06 Å². The molecule has 1 aliphatic heterocycles. The standard InChI is InChI=1S/C11H12N2O3S/c1-3-17(14,15)16-13-8-10-6-4-5-7-11(10)12-9(13)2/h3-9H,1H2,2H3. The SMILES string of the molecule is C=CS(=O)(=O)ON1C=c2ccccc2=NC1C. The van der Waals surface area contributed by atoms with Crippen LogP contribution in [0.25, 0.3) is 6.20 Å². The summed E-state index contributed by atoms with van der Waals surface area (Å²) in [7, 11) is -3.76. The fourth-order valence-electron chi connectivity index (χ4n) is 1.45. The summed E-state index contributed by atoms with van der Waals surface area (Å²) in [5.41, 5.74) is 0. The number of benzene rings is 1. The Kier molecular flexibility index (Phi) is 2.99. The van der Waals surface area contributed by atoms with Crippen molar-refractivity contribution in [2.75, 3.05) is 0 Å². The van der Waals surface area contributed by atoms with Gasteiger partial charge in [-0.1, -0.05) is 24.8 Å². The normalized spacial score (nSPS) is 18.9. The average molecular weight is 252 g/mol. The Hall–Kier alpha value is -1.66. The van der Waals surface area contributed by atoms with Gasteiger partial charge in [-0.3, -0.25) is 4.99 Å². The molecule has 2 rings (SSSR count). The van der Waals surface area contributed by atoms with E-state index in [1.165, 1.54) is 5.06 Å². The fraction of sp³-hybridized carbons (Fsp3) is 0.182. The molecule has 0 aromatic heterocycles. The number of rotatable bonds is 3. The average Bonchev–Trinajstić information content (AvgIpc) is 2.30. The Labute approximate surface area is 99.4 Å². The van der Waals surface area contributed by atoms with E-state index >= 15 is 0 Å². The maximum absolute atomic E-state index is 11.3. The van der Waals surface area contributed by atoms with Crippen molar-refractivity contribution in [3.63, 3.8) is 0 Å². The van der Waals surface area contributed by atoms with Gasteiger partial charge in [0, 0.05) is 11.4 Å². The smallest absolute Gasteiger partial charge is 0.258 e. The molecule has 0 amide bonds.